The van der Waals surface area contributed by atoms with Gasteiger partial charge in [-0.2, -0.15) is 0 Å². The number of nitrogens with one attached hydrogen (secondary N) is 1. The Hall–Kier alpha value is -1.55. The molecule has 1 amide bonds. The highest BCUT2D eigenvalue weighted by Gasteiger charge is 2.26. The Kier molecular flexibility index (Phi) is 3.92. The molecule has 1 aromatic rings. The summed E-state index contributed by atoms with van der Waals surface area (Å²) in [5.41, 5.74) is 7.95. The largest absolute Gasteiger partial charge is 0.382 e. The van der Waals surface area contributed by atoms with Crippen molar-refractivity contribution in [3.8, 4) is 0 Å². The molecule has 2 fully saturated rings. The zero-order chi connectivity index (χ0) is 13.9. The summed E-state index contributed by atoms with van der Waals surface area (Å²) in [4.78, 5) is 13.7. The highest BCUT2D eigenvalue weighted by atomic mass is 16.2. The maximum absolute atomic E-state index is 11.8. The van der Waals surface area contributed by atoms with Crippen molar-refractivity contribution in [2.75, 3.05) is 23.3 Å². The van der Waals surface area contributed by atoms with Crippen LogP contribution < -0.4 is 16.0 Å². The number of rotatable bonds is 4. The van der Waals surface area contributed by atoms with Gasteiger partial charge in [-0.25, -0.2) is 0 Å². The molecule has 0 radical (unpaired) electrons. The fourth-order valence-corrected chi connectivity index (χ4v) is 3.41. The SMILES string of the molecule is NCC1CCCC1Nc1cccc(N2CCCC2=O)c1. The van der Waals surface area contributed by atoms with Gasteiger partial charge in [0.25, 0.3) is 0 Å². The molecule has 4 nitrogen and oxygen atoms in total. The molecular weight excluding hydrogens is 250 g/mol. The Morgan fingerprint density at radius 3 is 2.95 bits per heavy atom. The number of nitrogens with zero attached hydrogens (tertiary/aromatic N) is 1. The Morgan fingerprint density at radius 2 is 2.20 bits per heavy atom. The van der Waals surface area contributed by atoms with E-state index >= 15 is 0 Å². The topological polar surface area (TPSA) is 58.4 Å². The van der Waals surface area contributed by atoms with Gasteiger partial charge in [-0.05, 0) is 49.9 Å². The van der Waals surface area contributed by atoms with Gasteiger partial charge in [0.05, 0.1) is 0 Å². The summed E-state index contributed by atoms with van der Waals surface area (Å²) < 4.78 is 0. The fourth-order valence-electron chi connectivity index (χ4n) is 3.41. The standard InChI is InChI=1S/C16H23N3O/c17-11-12-4-1-7-15(12)18-13-5-2-6-14(10-13)19-9-3-8-16(19)20/h2,5-6,10,12,15,18H,1,3-4,7-9,11,17H2. The minimum Gasteiger partial charge on any atom is -0.382 e. The van der Waals surface area contributed by atoms with Crippen LogP contribution in [0.25, 0.3) is 0 Å². The number of anilines is 2. The van der Waals surface area contributed by atoms with Crippen LogP contribution in [0.1, 0.15) is 32.1 Å². The maximum atomic E-state index is 11.8. The summed E-state index contributed by atoms with van der Waals surface area (Å²) in [5, 5.41) is 3.60. The van der Waals surface area contributed by atoms with Crippen LogP contribution >= 0.6 is 0 Å². The Balaban J connectivity index is 1.72. The first-order valence-corrected chi connectivity index (χ1v) is 7.65. The maximum Gasteiger partial charge on any atom is 0.227 e. The zero-order valence-electron chi connectivity index (χ0n) is 11.8. The zero-order valence-corrected chi connectivity index (χ0v) is 11.8. The highest BCUT2D eigenvalue weighted by Crippen LogP contribution is 2.30. The molecule has 4 heteroatoms. The van der Waals surface area contributed by atoms with E-state index in [1.807, 2.05) is 17.0 Å². The molecule has 1 saturated heterocycles. The number of carbonyl (C=O) groups is 1. The van der Waals surface area contributed by atoms with E-state index in [1.54, 1.807) is 0 Å². The fraction of sp³-hybridized carbons (Fsp3) is 0.562. The number of nitrogens with two attached hydrogens (primary N) is 1. The predicted molar refractivity (Wildman–Crippen MR) is 81.8 cm³/mol. The van der Waals surface area contributed by atoms with Crippen molar-refractivity contribution in [1.82, 2.24) is 0 Å². The molecule has 1 saturated carbocycles. The van der Waals surface area contributed by atoms with Gasteiger partial charge in [-0.3, -0.25) is 4.79 Å². The van der Waals surface area contributed by atoms with E-state index in [-0.39, 0.29) is 5.91 Å². The first-order chi connectivity index (χ1) is 9.78. The van der Waals surface area contributed by atoms with Gasteiger partial charge >= 0.3 is 0 Å². The second-order valence-electron chi connectivity index (χ2n) is 5.88. The van der Waals surface area contributed by atoms with Crippen LogP contribution in [-0.2, 0) is 4.79 Å². The van der Waals surface area contributed by atoms with Gasteiger partial charge in [0, 0.05) is 30.4 Å². The molecule has 1 aliphatic heterocycles. The van der Waals surface area contributed by atoms with Crippen molar-refractivity contribution in [2.45, 2.75) is 38.1 Å². The van der Waals surface area contributed by atoms with Gasteiger partial charge in [0.1, 0.15) is 0 Å². The van der Waals surface area contributed by atoms with Crippen molar-refractivity contribution >= 4 is 17.3 Å². The third kappa shape index (κ3) is 2.66. The molecule has 0 bridgehead atoms. The number of hydrogen-bond acceptors (Lipinski definition) is 3. The highest BCUT2D eigenvalue weighted by molar-refractivity contribution is 5.95. The number of carbonyl (C=O) groups excluding carboxylic acids is 1. The molecule has 0 aromatic heterocycles. The molecule has 0 spiro atoms. The third-order valence-corrected chi connectivity index (χ3v) is 4.55. The molecule has 3 N–H and O–H groups in total. The summed E-state index contributed by atoms with van der Waals surface area (Å²) in [5.74, 6) is 0.815. The Morgan fingerprint density at radius 1 is 1.30 bits per heavy atom. The van der Waals surface area contributed by atoms with Crippen molar-refractivity contribution in [2.24, 2.45) is 11.7 Å². The number of benzene rings is 1. The van der Waals surface area contributed by atoms with Crippen molar-refractivity contribution in [1.29, 1.82) is 0 Å². The van der Waals surface area contributed by atoms with Crippen molar-refractivity contribution in [3.05, 3.63) is 24.3 Å². The smallest absolute Gasteiger partial charge is 0.227 e. The van der Waals surface area contributed by atoms with Crippen LogP contribution in [0.15, 0.2) is 24.3 Å². The minimum absolute atomic E-state index is 0.239. The van der Waals surface area contributed by atoms with E-state index in [2.05, 4.69) is 17.4 Å². The van der Waals surface area contributed by atoms with Crippen molar-refractivity contribution in [3.63, 3.8) is 0 Å². The lowest BCUT2D eigenvalue weighted by atomic mass is 10.0. The summed E-state index contributed by atoms with van der Waals surface area (Å²) in [7, 11) is 0. The van der Waals surface area contributed by atoms with E-state index in [1.165, 1.54) is 19.3 Å². The lowest BCUT2D eigenvalue weighted by Gasteiger charge is -2.22. The molecule has 1 aliphatic carbocycles. The molecule has 20 heavy (non-hydrogen) atoms. The van der Waals surface area contributed by atoms with E-state index in [9.17, 15) is 4.79 Å². The molecule has 3 rings (SSSR count). The van der Waals surface area contributed by atoms with Gasteiger partial charge in [0.2, 0.25) is 5.91 Å². The molecular formula is C16H23N3O. The van der Waals surface area contributed by atoms with Crippen LogP contribution in [0.2, 0.25) is 0 Å². The molecule has 2 unspecified atom stereocenters. The predicted octanol–water partition coefficient (Wildman–Crippen LogP) is 2.35. The van der Waals surface area contributed by atoms with Gasteiger partial charge in [-0.1, -0.05) is 12.5 Å². The van der Waals surface area contributed by atoms with Crippen LogP contribution in [0.5, 0.6) is 0 Å². The van der Waals surface area contributed by atoms with Crippen LogP contribution in [0.4, 0.5) is 11.4 Å². The average molecular weight is 273 g/mol. The summed E-state index contributed by atoms with van der Waals surface area (Å²) >= 11 is 0. The first kappa shape index (κ1) is 13.4. The summed E-state index contributed by atoms with van der Waals surface area (Å²) in [6, 6.07) is 8.69. The third-order valence-electron chi connectivity index (χ3n) is 4.55. The average Bonchev–Trinajstić information content (AvgIpc) is 3.08. The lowest BCUT2D eigenvalue weighted by Crippen LogP contribution is -2.29. The number of hydrogen-bond donors (Lipinski definition) is 2. The van der Waals surface area contributed by atoms with Crippen LogP contribution in [0, 0.1) is 5.92 Å². The van der Waals surface area contributed by atoms with Crippen LogP contribution in [-0.4, -0.2) is 25.0 Å². The molecule has 1 aromatic carbocycles. The first-order valence-electron chi connectivity index (χ1n) is 7.65. The van der Waals surface area contributed by atoms with Gasteiger partial charge in [-0.15, -0.1) is 0 Å². The molecule has 2 aliphatic rings. The normalized spacial score (nSPS) is 26.2. The quantitative estimate of drug-likeness (QED) is 0.885. The summed E-state index contributed by atoms with van der Waals surface area (Å²) in [6.07, 6.45) is 5.31. The monoisotopic (exact) mass is 273 g/mol. The lowest BCUT2D eigenvalue weighted by molar-refractivity contribution is -0.117. The van der Waals surface area contributed by atoms with Gasteiger partial charge in [0.15, 0.2) is 0 Å². The molecule has 108 valence electrons. The minimum atomic E-state index is 0.239. The molecule has 2 atom stereocenters. The Labute approximate surface area is 120 Å². The van der Waals surface area contributed by atoms with E-state index in [0.29, 0.717) is 18.4 Å². The van der Waals surface area contributed by atoms with E-state index in [0.717, 1.165) is 30.9 Å². The van der Waals surface area contributed by atoms with E-state index in [4.69, 9.17) is 5.73 Å². The van der Waals surface area contributed by atoms with Crippen molar-refractivity contribution < 1.29 is 4.79 Å². The second kappa shape index (κ2) is 5.83. The van der Waals surface area contributed by atoms with E-state index < -0.39 is 0 Å². The summed E-state index contributed by atoms with van der Waals surface area (Å²) in [6.45, 7) is 1.60. The Bertz CT molecular complexity index is 488. The second-order valence-corrected chi connectivity index (χ2v) is 5.88. The van der Waals surface area contributed by atoms with Gasteiger partial charge < -0.3 is 16.0 Å². The van der Waals surface area contributed by atoms with Crippen LogP contribution in [0.3, 0.4) is 0 Å². The number of amides is 1. The molecule has 1 heterocycles.